The molecule has 0 saturated heterocycles. The third-order valence-corrected chi connectivity index (χ3v) is 3.51. The Hall–Kier alpha value is -0.760. The van der Waals surface area contributed by atoms with Gasteiger partial charge in [-0.3, -0.25) is 0 Å². The number of hydrogen-bond donors (Lipinski definition) is 2. The number of aliphatic hydroxyl groups excluding tert-OH is 2. The SMILES string of the molecule is CO[C@@H]1C=C[C@H](O)[C@@H](CC[C@H]2O[C@H](OC)C=C[C@@H]2O)O1. The Labute approximate surface area is 118 Å². The lowest BCUT2D eigenvalue weighted by atomic mass is 9.99. The van der Waals surface area contributed by atoms with Crippen LogP contribution in [-0.2, 0) is 18.9 Å². The van der Waals surface area contributed by atoms with Crippen molar-refractivity contribution in [1.29, 1.82) is 0 Å². The molecule has 2 rings (SSSR count). The second-order valence-corrected chi connectivity index (χ2v) is 4.89. The summed E-state index contributed by atoms with van der Waals surface area (Å²) >= 11 is 0. The Morgan fingerprint density at radius 3 is 1.55 bits per heavy atom. The molecule has 114 valence electrons. The minimum atomic E-state index is -0.670. The summed E-state index contributed by atoms with van der Waals surface area (Å²) < 4.78 is 21.3. The molecule has 0 radical (unpaired) electrons. The molecular formula is C14H22O6. The molecule has 0 unspecified atom stereocenters. The Bertz CT molecular complexity index is 322. The third-order valence-electron chi connectivity index (χ3n) is 3.51. The summed E-state index contributed by atoms with van der Waals surface area (Å²) in [5.41, 5.74) is 0. The first-order valence-electron chi connectivity index (χ1n) is 6.73. The molecule has 2 aliphatic heterocycles. The third kappa shape index (κ3) is 3.88. The lowest BCUT2D eigenvalue weighted by Crippen LogP contribution is -2.40. The van der Waals surface area contributed by atoms with Gasteiger partial charge < -0.3 is 29.2 Å². The summed E-state index contributed by atoms with van der Waals surface area (Å²) in [6, 6.07) is 0. The van der Waals surface area contributed by atoms with Crippen LogP contribution in [0.25, 0.3) is 0 Å². The lowest BCUT2D eigenvalue weighted by Gasteiger charge is -2.32. The van der Waals surface area contributed by atoms with E-state index in [0.29, 0.717) is 12.8 Å². The molecule has 20 heavy (non-hydrogen) atoms. The normalized spacial score (nSPS) is 41.0. The van der Waals surface area contributed by atoms with Crippen molar-refractivity contribution in [2.45, 2.75) is 49.8 Å². The summed E-state index contributed by atoms with van der Waals surface area (Å²) in [6.07, 6.45) is 4.84. The van der Waals surface area contributed by atoms with Crippen LogP contribution in [0, 0.1) is 0 Å². The molecule has 0 bridgehead atoms. The predicted octanol–water partition coefficient (Wildman–Crippen LogP) is 0.343. The molecule has 0 amide bonds. The van der Waals surface area contributed by atoms with E-state index in [2.05, 4.69) is 0 Å². The average Bonchev–Trinajstić information content (AvgIpc) is 2.48. The fraction of sp³-hybridized carbons (Fsp3) is 0.714. The van der Waals surface area contributed by atoms with Crippen molar-refractivity contribution in [2.75, 3.05) is 14.2 Å². The van der Waals surface area contributed by atoms with Crippen molar-refractivity contribution in [1.82, 2.24) is 0 Å². The molecule has 2 aliphatic rings. The van der Waals surface area contributed by atoms with Crippen molar-refractivity contribution in [3.05, 3.63) is 24.3 Å². The van der Waals surface area contributed by atoms with E-state index in [1.165, 1.54) is 0 Å². The van der Waals surface area contributed by atoms with Gasteiger partial charge in [-0.15, -0.1) is 0 Å². The van der Waals surface area contributed by atoms with Gasteiger partial charge in [0.2, 0.25) is 0 Å². The molecule has 2 heterocycles. The van der Waals surface area contributed by atoms with Gasteiger partial charge in [-0.1, -0.05) is 12.2 Å². The fourth-order valence-electron chi connectivity index (χ4n) is 2.33. The van der Waals surface area contributed by atoms with Gasteiger partial charge in [0.25, 0.3) is 0 Å². The standard InChI is InChI=1S/C14H22O6/c1-17-13-7-3-9(15)11(19-13)5-6-12-10(16)4-8-14(18-2)20-12/h3-4,7-16H,5-6H2,1-2H3/t9-,10-,11+,12+,13-,14-/m0/s1. The van der Waals surface area contributed by atoms with Crippen LogP contribution >= 0.6 is 0 Å². The highest BCUT2D eigenvalue weighted by Crippen LogP contribution is 2.23. The molecule has 0 aromatic rings. The fourth-order valence-corrected chi connectivity index (χ4v) is 2.33. The van der Waals surface area contributed by atoms with Crippen LogP contribution in [-0.4, -0.2) is 61.4 Å². The highest BCUT2D eigenvalue weighted by molar-refractivity contribution is 5.02. The Balaban J connectivity index is 1.85. The molecule has 2 N–H and O–H groups in total. The first kappa shape index (κ1) is 15.6. The molecule has 0 fully saturated rings. The first-order valence-corrected chi connectivity index (χ1v) is 6.73. The van der Waals surface area contributed by atoms with Gasteiger partial charge in [0.15, 0.2) is 12.6 Å². The number of methoxy groups -OCH3 is 2. The van der Waals surface area contributed by atoms with E-state index in [1.54, 1.807) is 38.5 Å². The molecule has 0 aromatic heterocycles. The van der Waals surface area contributed by atoms with Crippen molar-refractivity contribution in [2.24, 2.45) is 0 Å². The van der Waals surface area contributed by atoms with Crippen LogP contribution in [0.15, 0.2) is 24.3 Å². The van der Waals surface area contributed by atoms with E-state index in [4.69, 9.17) is 18.9 Å². The van der Waals surface area contributed by atoms with Crippen LogP contribution in [0.5, 0.6) is 0 Å². The van der Waals surface area contributed by atoms with E-state index >= 15 is 0 Å². The summed E-state index contributed by atoms with van der Waals surface area (Å²) in [6.45, 7) is 0. The molecule has 0 aromatic carbocycles. The van der Waals surface area contributed by atoms with Crippen molar-refractivity contribution < 1.29 is 29.2 Å². The minimum absolute atomic E-state index is 0.368. The van der Waals surface area contributed by atoms with Gasteiger partial charge >= 0.3 is 0 Å². The molecule has 0 aliphatic carbocycles. The maximum Gasteiger partial charge on any atom is 0.177 e. The van der Waals surface area contributed by atoms with Crippen molar-refractivity contribution >= 4 is 0 Å². The molecule has 0 saturated carbocycles. The quantitative estimate of drug-likeness (QED) is 0.710. The summed E-state index contributed by atoms with van der Waals surface area (Å²) in [5.74, 6) is 0. The highest BCUT2D eigenvalue weighted by atomic mass is 16.7. The zero-order valence-corrected chi connectivity index (χ0v) is 11.7. The average molecular weight is 286 g/mol. The van der Waals surface area contributed by atoms with Gasteiger partial charge in [-0.2, -0.15) is 0 Å². The minimum Gasteiger partial charge on any atom is -0.386 e. The zero-order valence-electron chi connectivity index (χ0n) is 11.7. The van der Waals surface area contributed by atoms with Crippen LogP contribution in [0.3, 0.4) is 0 Å². The van der Waals surface area contributed by atoms with Crippen LogP contribution in [0.1, 0.15) is 12.8 Å². The van der Waals surface area contributed by atoms with E-state index in [1.807, 2.05) is 0 Å². The zero-order chi connectivity index (χ0) is 14.5. The molecule has 6 atom stereocenters. The smallest absolute Gasteiger partial charge is 0.177 e. The monoisotopic (exact) mass is 286 g/mol. The summed E-state index contributed by atoms with van der Waals surface area (Å²) in [7, 11) is 3.09. The van der Waals surface area contributed by atoms with Gasteiger partial charge in [0, 0.05) is 14.2 Å². The highest BCUT2D eigenvalue weighted by Gasteiger charge is 2.30. The van der Waals surface area contributed by atoms with E-state index in [9.17, 15) is 10.2 Å². The van der Waals surface area contributed by atoms with E-state index in [-0.39, 0.29) is 12.2 Å². The summed E-state index contributed by atoms with van der Waals surface area (Å²) in [4.78, 5) is 0. The second kappa shape index (κ2) is 7.31. The van der Waals surface area contributed by atoms with Gasteiger partial charge in [-0.25, -0.2) is 0 Å². The Kier molecular flexibility index (Phi) is 5.71. The molecular weight excluding hydrogens is 264 g/mol. The van der Waals surface area contributed by atoms with Crippen LogP contribution in [0.2, 0.25) is 0 Å². The molecule has 0 spiro atoms. The maximum atomic E-state index is 9.87. The predicted molar refractivity (Wildman–Crippen MR) is 70.9 cm³/mol. The van der Waals surface area contributed by atoms with Crippen LogP contribution in [0.4, 0.5) is 0 Å². The van der Waals surface area contributed by atoms with E-state index in [0.717, 1.165) is 0 Å². The Morgan fingerprint density at radius 1 is 0.800 bits per heavy atom. The van der Waals surface area contributed by atoms with Crippen molar-refractivity contribution in [3.8, 4) is 0 Å². The molecule has 6 heteroatoms. The van der Waals surface area contributed by atoms with Crippen LogP contribution < -0.4 is 0 Å². The van der Waals surface area contributed by atoms with E-state index < -0.39 is 24.8 Å². The molecule has 6 nitrogen and oxygen atoms in total. The number of ether oxygens (including phenoxy) is 4. The topological polar surface area (TPSA) is 77.4 Å². The Morgan fingerprint density at radius 2 is 1.20 bits per heavy atom. The summed E-state index contributed by atoms with van der Waals surface area (Å²) in [5, 5.41) is 19.7. The number of aliphatic hydroxyl groups is 2. The number of rotatable bonds is 5. The largest absolute Gasteiger partial charge is 0.386 e. The van der Waals surface area contributed by atoms with Gasteiger partial charge in [0.05, 0.1) is 24.4 Å². The van der Waals surface area contributed by atoms with Crippen molar-refractivity contribution in [3.63, 3.8) is 0 Å². The lowest BCUT2D eigenvalue weighted by molar-refractivity contribution is -0.177. The maximum absolute atomic E-state index is 9.87. The number of hydrogen-bond acceptors (Lipinski definition) is 6. The van der Waals surface area contributed by atoms with Gasteiger partial charge in [-0.05, 0) is 25.0 Å². The van der Waals surface area contributed by atoms with Gasteiger partial charge in [0.1, 0.15) is 0 Å². The first-order chi connectivity index (χ1) is 9.63. The second-order valence-electron chi connectivity index (χ2n) is 4.89.